The molecule has 110 valence electrons. The van der Waals surface area contributed by atoms with E-state index in [1.807, 2.05) is 13.8 Å². The van der Waals surface area contributed by atoms with Crippen molar-refractivity contribution in [2.45, 2.75) is 39.2 Å². The Labute approximate surface area is 119 Å². The molecule has 0 aliphatic heterocycles. The Kier molecular flexibility index (Phi) is 5.70. The molecule has 0 fully saturated rings. The van der Waals surface area contributed by atoms with Crippen molar-refractivity contribution in [2.24, 2.45) is 5.73 Å². The summed E-state index contributed by atoms with van der Waals surface area (Å²) in [5.41, 5.74) is 6.22. The number of ether oxygens (including phenoxy) is 1. The van der Waals surface area contributed by atoms with Crippen LogP contribution in [0.25, 0.3) is 0 Å². The lowest BCUT2D eigenvalue weighted by Crippen LogP contribution is -2.50. The number of nitrogens with one attached hydrogen (secondary N) is 1. The summed E-state index contributed by atoms with van der Waals surface area (Å²) < 4.78 is 4.89. The fourth-order valence-electron chi connectivity index (χ4n) is 1.73. The Morgan fingerprint density at radius 1 is 1.15 bits per heavy atom. The second-order valence-electron chi connectivity index (χ2n) is 4.62. The number of carbonyl (C=O) groups excluding carboxylic acids is 2. The predicted molar refractivity (Wildman–Crippen MR) is 78.5 cm³/mol. The van der Waals surface area contributed by atoms with Crippen molar-refractivity contribution in [3.05, 3.63) is 29.8 Å². The molecule has 0 heterocycles. The third-order valence-corrected chi connectivity index (χ3v) is 3.37. The van der Waals surface area contributed by atoms with E-state index in [0.29, 0.717) is 30.7 Å². The van der Waals surface area contributed by atoms with Crippen LogP contribution < -0.4 is 11.1 Å². The number of anilines is 1. The molecule has 5 nitrogen and oxygen atoms in total. The number of nitrogens with two attached hydrogens (primary N) is 1. The van der Waals surface area contributed by atoms with E-state index in [2.05, 4.69) is 5.32 Å². The monoisotopic (exact) mass is 278 g/mol. The molecule has 1 rings (SSSR count). The summed E-state index contributed by atoms with van der Waals surface area (Å²) in [6.45, 7) is 5.85. The lowest BCUT2D eigenvalue weighted by molar-refractivity contribution is -0.121. The largest absolute Gasteiger partial charge is 0.462 e. The van der Waals surface area contributed by atoms with Crippen LogP contribution in [0.4, 0.5) is 5.69 Å². The van der Waals surface area contributed by atoms with Gasteiger partial charge in [-0.3, -0.25) is 4.79 Å². The second-order valence-corrected chi connectivity index (χ2v) is 4.62. The molecule has 5 heteroatoms. The van der Waals surface area contributed by atoms with Crippen molar-refractivity contribution in [2.75, 3.05) is 11.9 Å². The van der Waals surface area contributed by atoms with Gasteiger partial charge < -0.3 is 15.8 Å². The summed E-state index contributed by atoms with van der Waals surface area (Å²) in [6, 6.07) is 6.55. The molecule has 0 radical (unpaired) electrons. The summed E-state index contributed by atoms with van der Waals surface area (Å²) >= 11 is 0. The minimum Gasteiger partial charge on any atom is -0.462 e. The molecular weight excluding hydrogens is 256 g/mol. The SMILES string of the molecule is CCOC(=O)c1ccc(NC(=O)C(N)(CC)CC)cc1. The van der Waals surface area contributed by atoms with E-state index in [1.54, 1.807) is 31.2 Å². The highest BCUT2D eigenvalue weighted by atomic mass is 16.5. The highest BCUT2D eigenvalue weighted by molar-refractivity contribution is 5.98. The molecule has 3 N–H and O–H groups in total. The Balaban J connectivity index is 2.75. The van der Waals surface area contributed by atoms with Crippen molar-refractivity contribution in [3.8, 4) is 0 Å². The van der Waals surface area contributed by atoms with Crippen LogP contribution in [0.15, 0.2) is 24.3 Å². The van der Waals surface area contributed by atoms with Crippen molar-refractivity contribution in [3.63, 3.8) is 0 Å². The van der Waals surface area contributed by atoms with Crippen molar-refractivity contribution in [1.82, 2.24) is 0 Å². The molecule has 0 aromatic heterocycles. The molecule has 0 unspecified atom stereocenters. The Morgan fingerprint density at radius 2 is 1.70 bits per heavy atom. The van der Waals surface area contributed by atoms with E-state index < -0.39 is 5.54 Å². The van der Waals surface area contributed by atoms with Crippen LogP contribution in [-0.2, 0) is 9.53 Å². The van der Waals surface area contributed by atoms with Crippen molar-refractivity contribution >= 4 is 17.6 Å². The molecule has 1 amide bonds. The Bertz CT molecular complexity index is 465. The standard InChI is InChI=1S/C15H22N2O3/c1-4-15(16,5-2)14(19)17-12-9-7-11(8-10-12)13(18)20-6-3/h7-10H,4-6,16H2,1-3H3,(H,17,19). The second kappa shape index (κ2) is 7.05. The maximum Gasteiger partial charge on any atom is 0.338 e. The topological polar surface area (TPSA) is 81.4 Å². The molecule has 0 aliphatic rings. The zero-order valence-corrected chi connectivity index (χ0v) is 12.2. The van der Waals surface area contributed by atoms with Gasteiger partial charge in [0.15, 0.2) is 0 Å². The van der Waals surface area contributed by atoms with Crippen LogP contribution in [0.1, 0.15) is 44.0 Å². The summed E-state index contributed by atoms with van der Waals surface area (Å²) in [5, 5.41) is 2.77. The van der Waals surface area contributed by atoms with Crippen LogP contribution in [0.2, 0.25) is 0 Å². The van der Waals surface area contributed by atoms with Gasteiger partial charge in [-0.1, -0.05) is 13.8 Å². The first-order valence-electron chi connectivity index (χ1n) is 6.84. The van der Waals surface area contributed by atoms with Crippen molar-refractivity contribution in [1.29, 1.82) is 0 Å². The molecule has 0 saturated carbocycles. The van der Waals surface area contributed by atoms with Crippen LogP contribution >= 0.6 is 0 Å². The smallest absolute Gasteiger partial charge is 0.338 e. The molecule has 0 saturated heterocycles. The first kappa shape index (κ1) is 16.2. The summed E-state index contributed by atoms with van der Waals surface area (Å²) in [4.78, 5) is 23.6. The molecule has 1 aromatic carbocycles. The number of rotatable bonds is 6. The van der Waals surface area contributed by atoms with E-state index >= 15 is 0 Å². The number of hydrogen-bond donors (Lipinski definition) is 2. The van der Waals surface area contributed by atoms with Crippen LogP contribution in [0.5, 0.6) is 0 Å². The van der Waals surface area contributed by atoms with Gasteiger partial charge in [0.05, 0.1) is 17.7 Å². The Hall–Kier alpha value is -1.88. The van der Waals surface area contributed by atoms with Gasteiger partial charge in [0.2, 0.25) is 5.91 Å². The summed E-state index contributed by atoms with van der Waals surface area (Å²) in [6.07, 6.45) is 1.13. The average Bonchev–Trinajstić information content (AvgIpc) is 2.47. The van der Waals surface area contributed by atoms with E-state index in [9.17, 15) is 9.59 Å². The molecular formula is C15H22N2O3. The van der Waals surface area contributed by atoms with Crippen LogP contribution in [0, 0.1) is 0 Å². The third-order valence-electron chi connectivity index (χ3n) is 3.37. The van der Waals surface area contributed by atoms with Crippen molar-refractivity contribution < 1.29 is 14.3 Å². The average molecular weight is 278 g/mol. The maximum atomic E-state index is 12.1. The predicted octanol–water partition coefficient (Wildman–Crippen LogP) is 2.32. The highest BCUT2D eigenvalue weighted by Crippen LogP contribution is 2.16. The zero-order valence-electron chi connectivity index (χ0n) is 12.2. The van der Waals surface area contributed by atoms with Crippen LogP contribution in [0.3, 0.4) is 0 Å². The molecule has 0 bridgehead atoms. The molecule has 0 atom stereocenters. The number of esters is 1. The maximum absolute atomic E-state index is 12.1. The van der Waals surface area contributed by atoms with Gasteiger partial charge in [0, 0.05) is 5.69 Å². The minimum atomic E-state index is -0.861. The molecule has 20 heavy (non-hydrogen) atoms. The molecule has 0 spiro atoms. The number of carbonyl (C=O) groups is 2. The lowest BCUT2D eigenvalue weighted by atomic mass is 9.93. The lowest BCUT2D eigenvalue weighted by Gasteiger charge is -2.25. The number of benzene rings is 1. The summed E-state index contributed by atoms with van der Waals surface area (Å²) in [7, 11) is 0. The number of hydrogen-bond acceptors (Lipinski definition) is 4. The highest BCUT2D eigenvalue weighted by Gasteiger charge is 2.29. The van der Waals surface area contributed by atoms with Gasteiger partial charge in [-0.15, -0.1) is 0 Å². The third kappa shape index (κ3) is 3.81. The number of amides is 1. The molecule has 1 aromatic rings. The van der Waals surface area contributed by atoms with Crippen LogP contribution in [-0.4, -0.2) is 24.0 Å². The first-order valence-corrected chi connectivity index (χ1v) is 6.84. The van der Waals surface area contributed by atoms with E-state index in [1.165, 1.54) is 0 Å². The Morgan fingerprint density at radius 3 is 2.15 bits per heavy atom. The van der Waals surface area contributed by atoms with Gasteiger partial charge in [-0.25, -0.2) is 4.79 Å². The van der Waals surface area contributed by atoms with E-state index in [-0.39, 0.29) is 11.9 Å². The summed E-state index contributed by atoms with van der Waals surface area (Å²) in [5.74, 6) is -0.591. The normalized spacial score (nSPS) is 11.0. The van der Waals surface area contributed by atoms with E-state index in [0.717, 1.165) is 0 Å². The van der Waals surface area contributed by atoms with E-state index in [4.69, 9.17) is 10.5 Å². The zero-order chi connectivity index (χ0) is 15.2. The van der Waals surface area contributed by atoms with Gasteiger partial charge in [0.25, 0.3) is 0 Å². The van der Waals surface area contributed by atoms with Gasteiger partial charge in [0.1, 0.15) is 0 Å². The van der Waals surface area contributed by atoms with Gasteiger partial charge >= 0.3 is 5.97 Å². The first-order chi connectivity index (χ1) is 9.46. The van der Waals surface area contributed by atoms with Gasteiger partial charge in [-0.05, 0) is 44.0 Å². The molecule has 0 aliphatic carbocycles. The minimum absolute atomic E-state index is 0.216. The van der Waals surface area contributed by atoms with Gasteiger partial charge in [-0.2, -0.15) is 0 Å². The fourth-order valence-corrected chi connectivity index (χ4v) is 1.73. The fraction of sp³-hybridized carbons (Fsp3) is 0.467. The quantitative estimate of drug-likeness (QED) is 0.782.